The molecule has 2 amide bonds. The minimum Gasteiger partial charge on any atom is -0.493 e. The molecule has 0 radical (unpaired) electrons. The van der Waals surface area contributed by atoms with E-state index in [4.69, 9.17) is 4.74 Å². The van der Waals surface area contributed by atoms with Crippen LogP contribution in [0.3, 0.4) is 0 Å². The molecule has 1 atom stereocenters. The Morgan fingerprint density at radius 1 is 1.10 bits per heavy atom. The van der Waals surface area contributed by atoms with Crippen molar-refractivity contribution in [1.82, 2.24) is 10.2 Å². The van der Waals surface area contributed by atoms with Gasteiger partial charge in [0.1, 0.15) is 11.6 Å². The number of carbonyl (C=O) groups excluding carboxylic acids is 2. The number of carbonyl (C=O) groups is 2. The first kappa shape index (κ1) is 20.4. The molecule has 1 aliphatic heterocycles. The highest BCUT2D eigenvalue weighted by Crippen LogP contribution is 2.22. The topological polar surface area (TPSA) is 58.6 Å². The average Bonchev–Trinajstić information content (AvgIpc) is 3.57. The first-order valence-electron chi connectivity index (χ1n) is 10.6. The summed E-state index contributed by atoms with van der Waals surface area (Å²) in [6, 6.07) is 13.8. The van der Waals surface area contributed by atoms with Crippen molar-refractivity contribution in [3.63, 3.8) is 0 Å². The molecular weight excluding hydrogens is 383 g/mol. The van der Waals surface area contributed by atoms with Crippen molar-refractivity contribution in [2.45, 2.75) is 38.1 Å². The lowest BCUT2D eigenvalue weighted by atomic mass is 9.98. The summed E-state index contributed by atoms with van der Waals surface area (Å²) in [7, 11) is 0. The Balaban J connectivity index is 1.28. The molecule has 5 nitrogen and oxygen atoms in total. The number of rotatable bonds is 7. The van der Waals surface area contributed by atoms with Gasteiger partial charge in [0.2, 0.25) is 5.91 Å². The molecule has 6 heteroatoms. The van der Waals surface area contributed by atoms with Crippen LogP contribution in [-0.4, -0.2) is 42.5 Å². The zero-order valence-electron chi connectivity index (χ0n) is 17.0. The van der Waals surface area contributed by atoms with Gasteiger partial charge in [0.15, 0.2) is 0 Å². The summed E-state index contributed by atoms with van der Waals surface area (Å²) >= 11 is 0. The summed E-state index contributed by atoms with van der Waals surface area (Å²) < 4.78 is 19.3. The van der Waals surface area contributed by atoms with Crippen LogP contribution < -0.4 is 10.1 Å². The Labute approximate surface area is 176 Å². The number of ether oxygens (including phenoxy) is 1. The summed E-state index contributed by atoms with van der Waals surface area (Å²) in [5.74, 6) is 0.540. The minimum absolute atomic E-state index is 0.0176. The normalized spacial score (nSPS) is 18.7. The molecule has 30 heavy (non-hydrogen) atoms. The average molecular weight is 410 g/mol. The lowest BCUT2D eigenvalue weighted by molar-refractivity contribution is -0.132. The molecular formula is C24H27FN2O3. The molecule has 1 aliphatic carbocycles. The maximum absolute atomic E-state index is 13.4. The van der Waals surface area contributed by atoms with Gasteiger partial charge < -0.3 is 15.0 Å². The van der Waals surface area contributed by atoms with Gasteiger partial charge in [-0.15, -0.1) is 0 Å². The number of halogens is 1. The maximum atomic E-state index is 13.4. The van der Waals surface area contributed by atoms with E-state index in [0.717, 1.165) is 32.2 Å². The Morgan fingerprint density at radius 2 is 1.93 bits per heavy atom. The summed E-state index contributed by atoms with van der Waals surface area (Å²) in [6.07, 6.45) is 4.23. The molecule has 1 heterocycles. The van der Waals surface area contributed by atoms with Gasteiger partial charge in [0.05, 0.1) is 13.0 Å². The smallest absolute Gasteiger partial charge is 0.251 e. The lowest BCUT2D eigenvalue weighted by Gasteiger charge is -2.32. The molecule has 1 saturated heterocycles. The first-order chi connectivity index (χ1) is 14.6. The summed E-state index contributed by atoms with van der Waals surface area (Å²) in [5.41, 5.74) is 1.30. The molecule has 0 bridgehead atoms. The Morgan fingerprint density at radius 3 is 2.73 bits per heavy atom. The third-order valence-electron chi connectivity index (χ3n) is 5.61. The number of hydrogen-bond donors (Lipinski definition) is 1. The minimum atomic E-state index is -0.321. The quantitative estimate of drug-likeness (QED) is 0.759. The van der Waals surface area contributed by atoms with Crippen LogP contribution in [0.1, 0.15) is 41.6 Å². The largest absolute Gasteiger partial charge is 0.493 e. The van der Waals surface area contributed by atoms with Crippen molar-refractivity contribution < 1.29 is 18.7 Å². The number of piperidine rings is 1. The molecule has 2 aliphatic rings. The Kier molecular flexibility index (Phi) is 6.31. The molecule has 0 spiro atoms. The van der Waals surface area contributed by atoms with Gasteiger partial charge in [0, 0.05) is 30.6 Å². The van der Waals surface area contributed by atoms with Gasteiger partial charge in [-0.25, -0.2) is 4.39 Å². The lowest BCUT2D eigenvalue weighted by Crippen LogP contribution is -2.42. The second-order valence-electron chi connectivity index (χ2n) is 8.24. The predicted molar refractivity (Wildman–Crippen MR) is 112 cm³/mol. The van der Waals surface area contributed by atoms with Crippen molar-refractivity contribution in [3.8, 4) is 5.75 Å². The third-order valence-corrected chi connectivity index (χ3v) is 5.61. The van der Waals surface area contributed by atoms with Crippen LogP contribution in [0.25, 0.3) is 0 Å². The van der Waals surface area contributed by atoms with Crippen LogP contribution in [0.2, 0.25) is 0 Å². The highest BCUT2D eigenvalue weighted by Gasteiger charge is 2.25. The molecule has 4 rings (SSSR count). The highest BCUT2D eigenvalue weighted by molar-refractivity contribution is 5.94. The van der Waals surface area contributed by atoms with Gasteiger partial charge >= 0.3 is 0 Å². The van der Waals surface area contributed by atoms with Crippen molar-refractivity contribution in [2.24, 2.45) is 5.92 Å². The SMILES string of the molecule is O=C(NC1CC1)c1cccc(OC[C@H]2CCCN(C(=O)Cc3cccc(F)c3)C2)c1. The van der Waals surface area contributed by atoms with Gasteiger partial charge in [-0.2, -0.15) is 0 Å². The van der Waals surface area contributed by atoms with Gasteiger partial charge in [0.25, 0.3) is 5.91 Å². The van der Waals surface area contributed by atoms with Crippen LogP contribution in [0, 0.1) is 11.7 Å². The number of amides is 2. The van der Waals surface area contributed by atoms with Crippen LogP contribution >= 0.6 is 0 Å². The fraction of sp³-hybridized carbons (Fsp3) is 0.417. The summed E-state index contributed by atoms with van der Waals surface area (Å²) in [6.45, 7) is 1.86. The fourth-order valence-electron chi connectivity index (χ4n) is 3.80. The third kappa shape index (κ3) is 5.59. The number of nitrogens with zero attached hydrogens (tertiary/aromatic N) is 1. The van der Waals surface area contributed by atoms with Gasteiger partial charge in [-0.1, -0.05) is 18.2 Å². The van der Waals surface area contributed by atoms with E-state index in [9.17, 15) is 14.0 Å². The maximum Gasteiger partial charge on any atom is 0.251 e. The molecule has 1 N–H and O–H groups in total. The molecule has 158 valence electrons. The fourth-order valence-corrected chi connectivity index (χ4v) is 3.80. The van der Waals surface area contributed by atoms with E-state index >= 15 is 0 Å². The highest BCUT2D eigenvalue weighted by atomic mass is 19.1. The van der Waals surface area contributed by atoms with E-state index in [2.05, 4.69) is 5.32 Å². The van der Waals surface area contributed by atoms with Crippen LogP contribution in [0.4, 0.5) is 4.39 Å². The first-order valence-corrected chi connectivity index (χ1v) is 10.6. The van der Waals surface area contributed by atoms with E-state index in [-0.39, 0.29) is 30.0 Å². The molecule has 2 aromatic carbocycles. The number of likely N-dealkylation sites (tertiary alicyclic amines) is 1. The standard InChI is InChI=1S/C24H27FN2O3/c25-20-7-1-4-17(12-20)13-23(28)27-11-3-5-18(15-27)16-30-22-8-2-6-19(14-22)24(29)26-21-9-10-21/h1-2,4,6-8,12,14,18,21H,3,5,9-11,13,15-16H2,(H,26,29)/t18-/m0/s1. The van der Waals surface area contributed by atoms with E-state index < -0.39 is 0 Å². The Hall–Kier alpha value is -2.89. The van der Waals surface area contributed by atoms with Crippen molar-refractivity contribution >= 4 is 11.8 Å². The second kappa shape index (κ2) is 9.28. The molecule has 0 aromatic heterocycles. The summed E-state index contributed by atoms with van der Waals surface area (Å²) in [5, 5.41) is 2.98. The molecule has 2 fully saturated rings. The van der Waals surface area contributed by atoms with Crippen LogP contribution in [0.15, 0.2) is 48.5 Å². The van der Waals surface area contributed by atoms with Crippen molar-refractivity contribution in [3.05, 3.63) is 65.5 Å². The van der Waals surface area contributed by atoms with E-state index in [1.165, 1.54) is 12.1 Å². The molecule has 0 unspecified atom stereocenters. The number of benzene rings is 2. The van der Waals surface area contributed by atoms with E-state index in [1.807, 2.05) is 17.0 Å². The zero-order valence-corrected chi connectivity index (χ0v) is 17.0. The predicted octanol–water partition coefficient (Wildman–Crippen LogP) is 3.58. The van der Waals surface area contributed by atoms with Gasteiger partial charge in [-0.05, 0) is 61.6 Å². The Bertz CT molecular complexity index is 913. The van der Waals surface area contributed by atoms with Gasteiger partial charge in [-0.3, -0.25) is 9.59 Å². The van der Waals surface area contributed by atoms with E-state index in [1.54, 1.807) is 24.3 Å². The van der Waals surface area contributed by atoms with Crippen LogP contribution in [-0.2, 0) is 11.2 Å². The molecule has 1 saturated carbocycles. The summed E-state index contributed by atoms with van der Waals surface area (Å²) in [4.78, 5) is 26.7. The van der Waals surface area contributed by atoms with Crippen molar-refractivity contribution in [1.29, 1.82) is 0 Å². The monoisotopic (exact) mass is 410 g/mol. The number of hydrogen-bond acceptors (Lipinski definition) is 3. The zero-order chi connectivity index (χ0) is 20.9. The number of nitrogens with one attached hydrogen (secondary N) is 1. The van der Waals surface area contributed by atoms with E-state index in [0.29, 0.717) is 36.1 Å². The second-order valence-corrected chi connectivity index (χ2v) is 8.24. The van der Waals surface area contributed by atoms with Crippen molar-refractivity contribution in [2.75, 3.05) is 19.7 Å². The van der Waals surface area contributed by atoms with Crippen LogP contribution in [0.5, 0.6) is 5.75 Å². The molecule has 2 aromatic rings.